The van der Waals surface area contributed by atoms with Gasteiger partial charge in [0.25, 0.3) is 5.88 Å². The molecule has 6 heteroatoms. The molecule has 0 bridgehead atoms. The molecule has 100 valence electrons. The van der Waals surface area contributed by atoms with Gasteiger partial charge in [-0.1, -0.05) is 0 Å². The highest BCUT2D eigenvalue weighted by Crippen LogP contribution is 2.23. The third kappa shape index (κ3) is 4.20. The Morgan fingerprint density at radius 2 is 2.06 bits per heavy atom. The highest BCUT2D eigenvalue weighted by atomic mass is 16.5. The van der Waals surface area contributed by atoms with E-state index < -0.39 is 0 Å². The van der Waals surface area contributed by atoms with E-state index in [4.69, 9.17) is 4.74 Å². The number of aromatic nitrogens is 2. The van der Waals surface area contributed by atoms with Crippen LogP contribution in [0.3, 0.4) is 0 Å². The maximum Gasteiger partial charge on any atom is 0.257 e. The van der Waals surface area contributed by atoms with Crippen molar-refractivity contribution in [2.45, 2.75) is 32.2 Å². The second-order valence-electron chi connectivity index (χ2n) is 4.60. The second kappa shape index (κ2) is 6.18. The quantitative estimate of drug-likeness (QED) is 0.795. The molecular formula is C12H20N4O2. The largest absolute Gasteiger partial charge is 0.478 e. The molecule has 1 amide bonds. The van der Waals surface area contributed by atoms with Crippen molar-refractivity contribution in [3.8, 4) is 5.88 Å². The molecule has 1 aromatic rings. The van der Waals surface area contributed by atoms with Crippen LogP contribution >= 0.6 is 0 Å². The summed E-state index contributed by atoms with van der Waals surface area (Å²) < 4.78 is 5.12. The van der Waals surface area contributed by atoms with Crippen molar-refractivity contribution in [3.05, 3.63) is 12.4 Å². The maximum atomic E-state index is 11.2. The molecule has 0 fully saturated rings. The number of nitrogens with one attached hydrogen (secondary N) is 2. The second-order valence-corrected chi connectivity index (χ2v) is 4.60. The standard InChI is InChI=1S/C12H20N4O2/c1-12(2,6-5-9(17)13-3)16-10-11(18-4)15-8-7-14-10/h7-8H,5-6H2,1-4H3,(H,13,17)(H,14,16). The fourth-order valence-corrected chi connectivity index (χ4v) is 1.49. The van der Waals surface area contributed by atoms with Gasteiger partial charge in [-0.2, -0.15) is 0 Å². The van der Waals surface area contributed by atoms with Crippen molar-refractivity contribution in [1.82, 2.24) is 15.3 Å². The van der Waals surface area contributed by atoms with Gasteiger partial charge in [0.2, 0.25) is 5.91 Å². The van der Waals surface area contributed by atoms with Gasteiger partial charge >= 0.3 is 0 Å². The zero-order valence-electron chi connectivity index (χ0n) is 11.3. The fraction of sp³-hybridized carbons (Fsp3) is 0.583. The van der Waals surface area contributed by atoms with Crippen molar-refractivity contribution in [1.29, 1.82) is 0 Å². The van der Waals surface area contributed by atoms with Crippen LogP contribution in [0.4, 0.5) is 5.82 Å². The van der Waals surface area contributed by atoms with Gasteiger partial charge < -0.3 is 15.4 Å². The summed E-state index contributed by atoms with van der Waals surface area (Å²) in [6, 6.07) is 0. The van der Waals surface area contributed by atoms with Crippen LogP contribution in [0, 0.1) is 0 Å². The molecule has 0 saturated carbocycles. The number of methoxy groups -OCH3 is 1. The summed E-state index contributed by atoms with van der Waals surface area (Å²) in [5.41, 5.74) is -0.268. The smallest absolute Gasteiger partial charge is 0.257 e. The van der Waals surface area contributed by atoms with E-state index in [0.29, 0.717) is 24.5 Å². The number of nitrogens with zero attached hydrogens (tertiary/aromatic N) is 2. The molecule has 1 rings (SSSR count). The van der Waals surface area contributed by atoms with Gasteiger partial charge in [-0.05, 0) is 20.3 Å². The topological polar surface area (TPSA) is 76.1 Å². The van der Waals surface area contributed by atoms with E-state index in [0.717, 1.165) is 0 Å². The maximum absolute atomic E-state index is 11.2. The normalized spacial score (nSPS) is 10.9. The first-order valence-corrected chi connectivity index (χ1v) is 5.82. The predicted octanol–water partition coefficient (Wildman–Crippen LogP) is 1.20. The lowest BCUT2D eigenvalue weighted by atomic mass is 9.98. The number of hydrogen-bond donors (Lipinski definition) is 2. The van der Waals surface area contributed by atoms with Crippen LogP contribution in [0.1, 0.15) is 26.7 Å². The summed E-state index contributed by atoms with van der Waals surface area (Å²) in [4.78, 5) is 19.5. The molecule has 0 atom stereocenters. The van der Waals surface area contributed by atoms with Crippen LogP contribution < -0.4 is 15.4 Å². The molecule has 0 saturated heterocycles. The summed E-state index contributed by atoms with van der Waals surface area (Å²) in [5.74, 6) is 1.06. The van der Waals surface area contributed by atoms with Gasteiger partial charge in [0.1, 0.15) is 0 Å². The Hall–Kier alpha value is -1.85. The lowest BCUT2D eigenvalue weighted by Gasteiger charge is -2.27. The van der Waals surface area contributed by atoms with Crippen molar-refractivity contribution in [2.75, 3.05) is 19.5 Å². The highest BCUT2D eigenvalue weighted by molar-refractivity contribution is 5.75. The van der Waals surface area contributed by atoms with Crippen molar-refractivity contribution in [2.24, 2.45) is 0 Å². The average Bonchev–Trinajstić information content (AvgIpc) is 2.36. The SMILES string of the molecule is CNC(=O)CCC(C)(C)Nc1nccnc1OC. The minimum absolute atomic E-state index is 0.0241. The Labute approximate surface area is 107 Å². The van der Waals surface area contributed by atoms with Crippen LogP contribution in [-0.2, 0) is 4.79 Å². The molecule has 0 unspecified atom stereocenters. The van der Waals surface area contributed by atoms with Gasteiger partial charge in [0, 0.05) is 31.4 Å². The third-order valence-electron chi connectivity index (χ3n) is 2.57. The highest BCUT2D eigenvalue weighted by Gasteiger charge is 2.21. The molecule has 1 aromatic heterocycles. The summed E-state index contributed by atoms with van der Waals surface area (Å²) in [6.45, 7) is 4.01. The Morgan fingerprint density at radius 1 is 1.39 bits per heavy atom. The molecule has 0 aliphatic heterocycles. The lowest BCUT2D eigenvalue weighted by Crippen LogP contribution is -2.33. The van der Waals surface area contributed by atoms with Crippen LogP contribution in [0.25, 0.3) is 0 Å². The van der Waals surface area contributed by atoms with E-state index in [1.807, 2.05) is 13.8 Å². The van der Waals surface area contributed by atoms with E-state index >= 15 is 0 Å². The minimum atomic E-state index is -0.268. The van der Waals surface area contributed by atoms with E-state index in [-0.39, 0.29) is 11.4 Å². The van der Waals surface area contributed by atoms with E-state index in [9.17, 15) is 4.79 Å². The zero-order chi connectivity index (χ0) is 13.6. The summed E-state index contributed by atoms with van der Waals surface area (Å²) in [6.07, 6.45) is 4.31. The predicted molar refractivity (Wildman–Crippen MR) is 69.6 cm³/mol. The first kappa shape index (κ1) is 14.2. The number of ether oxygens (including phenoxy) is 1. The summed E-state index contributed by atoms with van der Waals surface area (Å²) in [5, 5.41) is 5.84. The summed E-state index contributed by atoms with van der Waals surface area (Å²) >= 11 is 0. The Kier molecular flexibility index (Phi) is 4.88. The van der Waals surface area contributed by atoms with Crippen molar-refractivity contribution >= 4 is 11.7 Å². The number of hydrogen-bond acceptors (Lipinski definition) is 5. The Bertz CT molecular complexity index is 407. The molecule has 18 heavy (non-hydrogen) atoms. The minimum Gasteiger partial charge on any atom is -0.478 e. The van der Waals surface area contributed by atoms with Gasteiger partial charge in [-0.15, -0.1) is 0 Å². The van der Waals surface area contributed by atoms with Crippen LogP contribution in [-0.4, -0.2) is 35.6 Å². The van der Waals surface area contributed by atoms with Crippen LogP contribution in [0.15, 0.2) is 12.4 Å². The Balaban J connectivity index is 2.66. The van der Waals surface area contributed by atoms with Gasteiger partial charge in [0.15, 0.2) is 5.82 Å². The van der Waals surface area contributed by atoms with Crippen LogP contribution in [0.5, 0.6) is 5.88 Å². The van der Waals surface area contributed by atoms with E-state index in [1.165, 1.54) is 0 Å². The molecule has 0 aromatic carbocycles. The van der Waals surface area contributed by atoms with E-state index in [1.54, 1.807) is 26.6 Å². The number of anilines is 1. The summed E-state index contributed by atoms with van der Waals surface area (Å²) in [7, 11) is 3.18. The average molecular weight is 252 g/mol. The Morgan fingerprint density at radius 3 is 2.67 bits per heavy atom. The molecule has 0 aliphatic rings. The first-order valence-electron chi connectivity index (χ1n) is 5.82. The number of amides is 1. The van der Waals surface area contributed by atoms with Crippen molar-refractivity contribution in [3.63, 3.8) is 0 Å². The molecule has 2 N–H and O–H groups in total. The molecular weight excluding hydrogens is 232 g/mol. The van der Waals surface area contributed by atoms with Gasteiger partial charge in [-0.25, -0.2) is 9.97 Å². The van der Waals surface area contributed by atoms with E-state index in [2.05, 4.69) is 20.6 Å². The number of carbonyl (C=O) groups excluding carboxylic acids is 1. The van der Waals surface area contributed by atoms with Gasteiger partial charge in [-0.3, -0.25) is 4.79 Å². The molecule has 6 nitrogen and oxygen atoms in total. The zero-order valence-corrected chi connectivity index (χ0v) is 11.3. The number of carbonyl (C=O) groups is 1. The molecule has 0 radical (unpaired) electrons. The molecule has 0 aliphatic carbocycles. The fourth-order valence-electron chi connectivity index (χ4n) is 1.49. The molecule has 0 spiro atoms. The molecule has 1 heterocycles. The first-order chi connectivity index (χ1) is 8.48. The van der Waals surface area contributed by atoms with Gasteiger partial charge in [0.05, 0.1) is 7.11 Å². The van der Waals surface area contributed by atoms with Crippen molar-refractivity contribution < 1.29 is 9.53 Å². The lowest BCUT2D eigenvalue weighted by molar-refractivity contribution is -0.120. The third-order valence-corrected chi connectivity index (χ3v) is 2.57. The van der Waals surface area contributed by atoms with Crippen LogP contribution in [0.2, 0.25) is 0 Å². The number of rotatable bonds is 6. The monoisotopic (exact) mass is 252 g/mol.